The molecule has 2 aromatic heterocycles. The Balaban J connectivity index is 1.36. The number of alkyl halides is 3. The minimum atomic E-state index is -4.63. The van der Waals surface area contributed by atoms with Crippen molar-refractivity contribution in [2.75, 3.05) is 49.6 Å². The first-order chi connectivity index (χ1) is 21.6. The summed E-state index contributed by atoms with van der Waals surface area (Å²) < 4.78 is 50.8. The van der Waals surface area contributed by atoms with Crippen LogP contribution < -0.4 is 10.2 Å². The molecule has 0 unspecified atom stereocenters. The summed E-state index contributed by atoms with van der Waals surface area (Å²) in [6.07, 6.45) is -0.423. The fourth-order valence-electron chi connectivity index (χ4n) is 6.50. The second-order valence-corrected chi connectivity index (χ2v) is 12.3. The zero-order valence-electron chi connectivity index (χ0n) is 25.2. The Hall–Kier alpha value is -4.20. The van der Waals surface area contributed by atoms with Gasteiger partial charge in [0.2, 0.25) is 0 Å². The maximum Gasteiger partial charge on any atom is 0.416 e. The summed E-state index contributed by atoms with van der Waals surface area (Å²) in [5, 5.41) is 14.9. The number of hydrogen-bond donors (Lipinski definition) is 1. The number of piperidine rings is 1. The molecule has 2 fully saturated rings. The highest BCUT2D eigenvalue weighted by Crippen LogP contribution is 2.42. The third-order valence-electron chi connectivity index (χ3n) is 8.89. The number of anilines is 2. The molecule has 3 aromatic rings. The van der Waals surface area contributed by atoms with E-state index in [1.165, 1.54) is 11.0 Å². The number of ether oxygens (including phenoxy) is 1. The van der Waals surface area contributed by atoms with Gasteiger partial charge < -0.3 is 14.6 Å². The van der Waals surface area contributed by atoms with E-state index >= 15 is 0 Å². The lowest BCUT2D eigenvalue weighted by Gasteiger charge is -2.42. The molecule has 0 radical (unpaired) electrons. The van der Waals surface area contributed by atoms with Gasteiger partial charge >= 0.3 is 6.18 Å². The lowest BCUT2D eigenvalue weighted by atomic mass is 9.75. The Bertz CT molecular complexity index is 1630. The Morgan fingerprint density at radius 2 is 2.07 bits per heavy atom. The van der Waals surface area contributed by atoms with E-state index in [0.717, 1.165) is 37.3 Å². The van der Waals surface area contributed by atoms with Gasteiger partial charge in [-0.15, -0.1) is 10.2 Å². The second-order valence-electron chi connectivity index (χ2n) is 12.3. The number of nitrogens with zero attached hydrogens (tertiary/aromatic N) is 9. The molecule has 2 saturated heterocycles. The number of fused-ring (bicyclic) bond motifs is 1. The van der Waals surface area contributed by atoms with Crippen LogP contribution in [0.4, 0.5) is 24.8 Å². The number of aryl methyl sites for hydroxylation is 1. The van der Waals surface area contributed by atoms with Crippen LogP contribution in [0.1, 0.15) is 58.2 Å². The topological polar surface area (TPSA) is 137 Å². The number of carbonyl (C=O) groups is 1. The monoisotopic (exact) mass is 624 g/mol. The molecule has 12 nitrogen and oxygen atoms in total. The van der Waals surface area contributed by atoms with Gasteiger partial charge in [0.25, 0.3) is 5.91 Å². The molecule has 1 N–H and O–H groups in total. The van der Waals surface area contributed by atoms with E-state index in [1.807, 2.05) is 17.7 Å². The van der Waals surface area contributed by atoms with Gasteiger partial charge in [-0.05, 0) is 71.8 Å². The smallest absolute Gasteiger partial charge is 0.379 e. The zero-order chi connectivity index (χ0) is 31.8. The van der Waals surface area contributed by atoms with Crippen LogP contribution in [0.25, 0.3) is 10.4 Å². The summed E-state index contributed by atoms with van der Waals surface area (Å²) >= 11 is 0. The lowest BCUT2D eigenvalue weighted by molar-refractivity contribution is -0.138. The number of aromatic nitrogens is 4. The summed E-state index contributed by atoms with van der Waals surface area (Å²) in [7, 11) is 1.85. The Labute approximate surface area is 258 Å². The zero-order valence-corrected chi connectivity index (χ0v) is 25.2. The quantitative estimate of drug-likeness (QED) is 0.147. The normalized spacial score (nSPS) is 19.6. The maximum atomic E-state index is 14.4. The molecule has 0 spiro atoms. The lowest BCUT2D eigenvalue weighted by Crippen LogP contribution is -2.49. The van der Waals surface area contributed by atoms with E-state index in [-0.39, 0.29) is 36.6 Å². The van der Waals surface area contributed by atoms with Crippen molar-refractivity contribution in [3.8, 4) is 0 Å². The Morgan fingerprint density at radius 1 is 1.24 bits per heavy atom. The highest BCUT2D eigenvalue weighted by atomic mass is 19.4. The van der Waals surface area contributed by atoms with Gasteiger partial charge in [-0.1, -0.05) is 12.0 Å². The molecule has 0 saturated carbocycles. The predicted octanol–water partition coefficient (Wildman–Crippen LogP) is 4.85. The summed E-state index contributed by atoms with van der Waals surface area (Å²) in [6, 6.07) is 6.41. The van der Waals surface area contributed by atoms with Crippen LogP contribution in [-0.2, 0) is 42.9 Å². The van der Waals surface area contributed by atoms with Crippen molar-refractivity contribution in [1.82, 2.24) is 24.6 Å². The molecule has 3 aliphatic heterocycles. The number of benzene rings is 1. The fraction of sp³-hybridized carbons (Fsp3) is 0.533. The number of hydrogen-bond acceptors (Lipinski definition) is 8. The van der Waals surface area contributed by atoms with E-state index in [1.54, 1.807) is 18.5 Å². The molecule has 3 aliphatic rings. The molecule has 1 aromatic carbocycles. The van der Waals surface area contributed by atoms with Gasteiger partial charge in [0, 0.05) is 55.5 Å². The van der Waals surface area contributed by atoms with E-state index in [4.69, 9.17) is 10.3 Å². The minimum absolute atomic E-state index is 0.0471. The van der Waals surface area contributed by atoms with Gasteiger partial charge in [-0.25, -0.2) is 4.98 Å². The van der Waals surface area contributed by atoms with Crippen LogP contribution in [0, 0.1) is 5.92 Å². The summed E-state index contributed by atoms with van der Waals surface area (Å²) in [6.45, 7) is 5.06. The number of likely N-dealkylation sites (tertiary alicyclic amines) is 1. The standard InChI is InChI=1S/C30H35F3N10O2/c1-19-4-3-7-42(13-19)14-20-8-22-23(24(9-20)30(31,32)33)15-43(28(22)44)26-11-21(10-25(38-26)35-5-6-36-40-34)29(16-45-17-29)12-27-39-37-18-41(27)2/h8-11,18-19H,3-7,12-17H2,1-2H3,(H,35,38)/t19-/m1/s1. The third-order valence-corrected chi connectivity index (χ3v) is 8.89. The summed E-state index contributed by atoms with van der Waals surface area (Å²) in [5.41, 5.74) is 8.65. The van der Waals surface area contributed by atoms with Gasteiger partial charge in [0.1, 0.15) is 23.8 Å². The number of pyridine rings is 1. The maximum absolute atomic E-state index is 14.4. The van der Waals surface area contributed by atoms with Crippen molar-refractivity contribution in [3.05, 3.63) is 74.7 Å². The van der Waals surface area contributed by atoms with E-state index < -0.39 is 23.1 Å². The molecule has 5 heterocycles. The Kier molecular flexibility index (Phi) is 8.42. The van der Waals surface area contributed by atoms with Crippen molar-refractivity contribution in [2.24, 2.45) is 18.1 Å². The average molecular weight is 625 g/mol. The summed E-state index contributed by atoms with van der Waals surface area (Å²) in [4.78, 5) is 24.8. The largest absolute Gasteiger partial charge is 0.416 e. The highest BCUT2D eigenvalue weighted by Gasteiger charge is 2.44. The highest BCUT2D eigenvalue weighted by molar-refractivity contribution is 6.10. The molecular formula is C30H35F3N10O2. The van der Waals surface area contributed by atoms with Crippen LogP contribution in [0.15, 0.2) is 35.7 Å². The number of nitrogens with one attached hydrogen (secondary N) is 1. The van der Waals surface area contributed by atoms with Crippen LogP contribution >= 0.6 is 0 Å². The molecule has 1 amide bonds. The first-order valence-electron chi connectivity index (χ1n) is 15.0. The van der Waals surface area contributed by atoms with Crippen molar-refractivity contribution < 1.29 is 22.7 Å². The number of carbonyl (C=O) groups excluding carboxylic acids is 1. The van der Waals surface area contributed by atoms with E-state index in [2.05, 4.69) is 42.3 Å². The summed E-state index contributed by atoms with van der Waals surface area (Å²) in [5.74, 6) is 1.31. The van der Waals surface area contributed by atoms with Gasteiger partial charge in [0.15, 0.2) is 0 Å². The van der Waals surface area contributed by atoms with Gasteiger partial charge in [-0.2, -0.15) is 13.2 Å². The number of rotatable bonds is 10. The predicted molar refractivity (Wildman–Crippen MR) is 160 cm³/mol. The molecule has 6 rings (SSSR count). The molecule has 238 valence electrons. The number of halogens is 3. The van der Waals surface area contributed by atoms with Crippen molar-refractivity contribution in [3.63, 3.8) is 0 Å². The number of amides is 1. The van der Waals surface area contributed by atoms with Crippen LogP contribution in [0.3, 0.4) is 0 Å². The van der Waals surface area contributed by atoms with Gasteiger partial charge in [0.05, 0.1) is 25.3 Å². The fourth-order valence-corrected chi connectivity index (χ4v) is 6.50. The van der Waals surface area contributed by atoms with E-state index in [0.29, 0.717) is 43.5 Å². The SMILES string of the molecule is C[C@@H]1CCCN(Cc2cc3c(c(C(F)(F)F)c2)CN(c2cc(C4(Cc5nncn5C)COC4)cc(NCCN=[N+]=[N-])n2)C3=O)C1. The molecule has 1 atom stereocenters. The van der Waals surface area contributed by atoms with Crippen molar-refractivity contribution in [2.45, 2.75) is 50.9 Å². The number of azide groups is 1. The van der Waals surface area contributed by atoms with Crippen LogP contribution in [0.5, 0.6) is 0 Å². The molecule has 0 bridgehead atoms. The van der Waals surface area contributed by atoms with Crippen molar-refractivity contribution in [1.29, 1.82) is 0 Å². The van der Waals surface area contributed by atoms with Crippen molar-refractivity contribution >= 4 is 17.5 Å². The first kappa shape index (κ1) is 30.8. The minimum Gasteiger partial charge on any atom is -0.379 e. The molecule has 15 heteroatoms. The molecule has 0 aliphatic carbocycles. The molecule has 45 heavy (non-hydrogen) atoms. The molecular weight excluding hydrogens is 589 g/mol. The van der Waals surface area contributed by atoms with Crippen LogP contribution in [0.2, 0.25) is 0 Å². The Morgan fingerprint density at radius 3 is 2.73 bits per heavy atom. The van der Waals surface area contributed by atoms with Crippen LogP contribution in [-0.4, -0.2) is 69.9 Å². The average Bonchev–Trinajstić information content (AvgIpc) is 3.54. The first-order valence-corrected chi connectivity index (χ1v) is 15.0. The van der Waals surface area contributed by atoms with E-state index in [9.17, 15) is 18.0 Å². The second kappa shape index (κ2) is 12.3. The third kappa shape index (κ3) is 6.33. The van der Waals surface area contributed by atoms with Gasteiger partial charge in [-0.3, -0.25) is 14.6 Å².